The Hall–Kier alpha value is -2.11. The van der Waals surface area contributed by atoms with Gasteiger partial charge >= 0.3 is 11.9 Å². The van der Waals surface area contributed by atoms with E-state index in [1.807, 2.05) is 6.92 Å². The third-order valence-electron chi connectivity index (χ3n) is 3.61. The Labute approximate surface area is 117 Å². The molecule has 1 saturated heterocycles. The number of hydrogen-bond acceptors (Lipinski definition) is 5. The monoisotopic (exact) mass is 278 g/mol. The van der Waals surface area contributed by atoms with Crippen molar-refractivity contribution < 1.29 is 19.4 Å². The molecule has 1 aliphatic heterocycles. The van der Waals surface area contributed by atoms with Gasteiger partial charge in [0, 0.05) is 12.7 Å². The summed E-state index contributed by atoms with van der Waals surface area (Å²) in [5.74, 6) is -0.434. The van der Waals surface area contributed by atoms with Crippen molar-refractivity contribution in [2.45, 2.75) is 25.8 Å². The number of aliphatic carboxylic acids is 1. The number of carboxylic acids is 1. The van der Waals surface area contributed by atoms with E-state index in [-0.39, 0.29) is 0 Å². The molecule has 2 heterocycles. The van der Waals surface area contributed by atoms with E-state index in [1.165, 1.54) is 13.3 Å². The third kappa shape index (κ3) is 2.89. The first-order valence-electron chi connectivity index (χ1n) is 6.56. The Morgan fingerprint density at radius 2 is 2.25 bits per heavy atom. The summed E-state index contributed by atoms with van der Waals surface area (Å²) in [7, 11) is 1.31. The molecule has 20 heavy (non-hydrogen) atoms. The third-order valence-corrected chi connectivity index (χ3v) is 3.61. The summed E-state index contributed by atoms with van der Waals surface area (Å²) in [6, 6.07) is 2.54. The summed E-state index contributed by atoms with van der Waals surface area (Å²) in [6.45, 7) is 2.67. The Morgan fingerprint density at radius 1 is 1.50 bits per heavy atom. The van der Waals surface area contributed by atoms with Crippen LogP contribution in [0.3, 0.4) is 0 Å². The van der Waals surface area contributed by atoms with Crippen molar-refractivity contribution in [3.05, 3.63) is 23.9 Å². The first-order chi connectivity index (χ1) is 9.52. The fraction of sp³-hybridized carbons (Fsp3) is 0.500. The molecule has 1 aromatic heterocycles. The molecular weight excluding hydrogens is 260 g/mol. The number of anilines is 1. The quantitative estimate of drug-likeness (QED) is 0.845. The lowest BCUT2D eigenvalue weighted by molar-refractivity contribution is -0.139. The highest BCUT2D eigenvalue weighted by molar-refractivity contribution is 5.90. The molecule has 0 bridgehead atoms. The van der Waals surface area contributed by atoms with E-state index in [2.05, 4.69) is 9.72 Å². The van der Waals surface area contributed by atoms with Crippen LogP contribution in [0, 0.1) is 5.92 Å². The lowest BCUT2D eigenvalue weighted by Gasteiger charge is -2.36. The maximum absolute atomic E-state index is 11.5. The van der Waals surface area contributed by atoms with Crippen LogP contribution in [0.4, 0.5) is 5.82 Å². The van der Waals surface area contributed by atoms with Crippen LogP contribution in [0.25, 0.3) is 0 Å². The normalized spacial score (nSPS) is 22.4. The summed E-state index contributed by atoms with van der Waals surface area (Å²) in [5.41, 5.74) is 0.375. The second kappa shape index (κ2) is 5.90. The largest absolute Gasteiger partial charge is 0.480 e. The number of piperidine rings is 1. The Balaban J connectivity index is 2.29. The summed E-state index contributed by atoms with van der Waals surface area (Å²) in [5, 5.41) is 9.35. The van der Waals surface area contributed by atoms with Crippen LogP contribution in [0.15, 0.2) is 18.3 Å². The van der Waals surface area contributed by atoms with Gasteiger partial charge in [-0.15, -0.1) is 0 Å². The lowest BCUT2D eigenvalue weighted by Crippen LogP contribution is -2.47. The molecule has 0 spiro atoms. The molecule has 6 nitrogen and oxygen atoms in total. The summed E-state index contributed by atoms with van der Waals surface area (Å²) in [4.78, 5) is 28.9. The molecule has 0 aliphatic carbocycles. The van der Waals surface area contributed by atoms with Gasteiger partial charge in [-0.05, 0) is 30.9 Å². The number of nitrogens with zero attached hydrogens (tertiary/aromatic N) is 2. The SMILES string of the molecule is COC(=O)c1ccnc(N2CCC(C)CC2C(=O)O)c1. The topological polar surface area (TPSA) is 79.7 Å². The van der Waals surface area contributed by atoms with Gasteiger partial charge < -0.3 is 14.7 Å². The number of aromatic nitrogens is 1. The first-order valence-corrected chi connectivity index (χ1v) is 6.56. The van der Waals surface area contributed by atoms with Crippen molar-refractivity contribution >= 4 is 17.8 Å². The predicted octanol–water partition coefficient (Wildman–Crippen LogP) is 1.56. The fourth-order valence-electron chi connectivity index (χ4n) is 2.47. The molecule has 108 valence electrons. The van der Waals surface area contributed by atoms with Crippen molar-refractivity contribution in [1.29, 1.82) is 0 Å². The van der Waals surface area contributed by atoms with Gasteiger partial charge in [0.15, 0.2) is 0 Å². The number of carbonyl (C=O) groups excluding carboxylic acids is 1. The van der Waals surface area contributed by atoms with Crippen molar-refractivity contribution in [2.24, 2.45) is 5.92 Å². The van der Waals surface area contributed by atoms with Gasteiger partial charge in [0.1, 0.15) is 11.9 Å². The van der Waals surface area contributed by atoms with Gasteiger partial charge in [-0.3, -0.25) is 0 Å². The maximum atomic E-state index is 11.5. The number of esters is 1. The number of carbonyl (C=O) groups is 2. The van der Waals surface area contributed by atoms with Crippen LogP contribution in [0.5, 0.6) is 0 Å². The standard InChI is InChI=1S/C14H18N2O4/c1-9-4-6-16(11(7-9)13(17)18)12-8-10(3-5-15-12)14(19)20-2/h3,5,8-9,11H,4,6-7H2,1-2H3,(H,17,18). The average Bonchev–Trinajstić information content (AvgIpc) is 2.46. The van der Waals surface area contributed by atoms with Gasteiger partial charge in [0.2, 0.25) is 0 Å². The molecule has 2 atom stereocenters. The van der Waals surface area contributed by atoms with E-state index in [0.717, 1.165) is 6.42 Å². The van der Waals surface area contributed by atoms with Crippen molar-refractivity contribution in [1.82, 2.24) is 4.98 Å². The number of ether oxygens (including phenoxy) is 1. The Bertz CT molecular complexity index is 518. The van der Waals surface area contributed by atoms with E-state index in [0.29, 0.717) is 30.3 Å². The molecule has 2 rings (SSSR count). The molecule has 0 saturated carbocycles. The molecule has 0 amide bonds. The summed E-state index contributed by atoms with van der Waals surface area (Å²) in [6.07, 6.45) is 2.99. The summed E-state index contributed by atoms with van der Waals surface area (Å²) >= 11 is 0. The molecular formula is C14H18N2O4. The molecule has 0 radical (unpaired) electrons. The maximum Gasteiger partial charge on any atom is 0.338 e. The second-order valence-corrected chi connectivity index (χ2v) is 5.07. The van der Waals surface area contributed by atoms with Crippen molar-refractivity contribution in [3.8, 4) is 0 Å². The van der Waals surface area contributed by atoms with E-state index >= 15 is 0 Å². The van der Waals surface area contributed by atoms with E-state index in [9.17, 15) is 14.7 Å². The van der Waals surface area contributed by atoms with Gasteiger partial charge in [0.25, 0.3) is 0 Å². The van der Waals surface area contributed by atoms with E-state index in [1.54, 1.807) is 17.0 Å². The first kappa shape index (κ1) is 14.3. The van der Waals surface area contributed by atoms with Crippen LogP contribution >= 0.6 is 0 Å². The molecule has 0 aromatic carbocycles. The molecule has 1 aliphatic rings. The zero-order valence-corrected chi connectivity index (χ0v) is 11.6. The van der Waals surface area contributed by atoms with Crippen LogP contribution in [0.1, 0.15) is 30.1 Å². The number of methoxy groups -OCH3 is 1. The van der Waals surface area contributed by atoms with Crippen LogP contribution in [-0.2, 0) is 9.53 Å². The smallest absolute Gasteiger partial charge is 0.338 e. The van der Waals surface area contributed by atoms with Crippen molar-refractivity contribution in [3.63, 3.8) is 0 Å². The van der Waals surface area contributed by atoms with Crippen LogP contribution < -0.4 is 4.90 Å². The predicted molar refractivity (Wildman–Crippen MR) is 72.7 cm³/mol. The number of rotatable bonds is 3. The van der Waals surface area contributed by atoms with E-state index in [4.69, 9.17) is 0 Å². The van der Waals surface area contributed by atoms with Gasteiger partial charge in [-0.1, -0.05) is 6.92 Å². The van der Waals surface area contributed by atoms with Crippen molar-refractivity contribution in [2.75, 3.05) is 18.6 Å². The highest BCUT2D eigenvalue weighted by Crippen LogP contribution is 2.27. The zero-order valence-electron chi connectivity index (χ0n) is 11.6. The minimum atomic E-state index is -0.859. The van der Waals surface area contributed by atoms with Gasteiger partial charge in [-0.2, -0.15) is 0 Å². The highest BCUT2D eigenvalue weighted by Gasteiger charge is 2.32. The molecule has 1 aromatic rings. The number of hydrogen-bond donors (Lipinski definition) is 1. The minimum Gasteiger partial charge on any atom is -0.480 e. The molecule has 6 heteroatoms. The van der Waals surface area contributed by atoms with Crippen LogP contribution in [0.2, 0.25) is 0 Å². The number of pyridine rings is 1. The fourth-order valence-corrected chi connectivity index (χ4v) is 2.47. The van der Waals surface area contributed by atoms with E-state index < -0.39 is 18.0 Å². The number of carboxylic acid groups (broad SMARTS) is 1. The molecule has 1 fully saturated rings. The summed E-state index contributed by atoms with van der Waals surface area (Å²) < 4.78 is 4.67. The Morgan fingerprint density at radius 3 is 2.90 bits per heavy atom. The second-order valence-electron chi connectivity index (χ2n) is 5.07. The molecule has 2 unspecified atom stereocenters. The highest BCUT2D eigenvalue weighted by atomic mass is 16.5. The Kier molecular flexibility index (Phi) is 4.22. The van der Waals surface area contributed by atoms with Gasteiger partial charge in [0.05, 0.1) is 12.7 Å². The van der Waals surface area contributed by atoms with Crippen LogP contribution in [-0.4, -0.2) is 41.7 Å². The average molecular weight is 278 g/mol. The lowest BCUT2D eigenvalue weighted by atomic mass is 9.92. The molecule has 1 N–H and O–H groups in total. The van der Waals surface area contributed by atoms with Gasteiger partial charge in [-0.25, -0.2) is 14.6 Å². The zero-order chi connectivity index (χ0) is 14.7. The minimum absolute atomic E-state index is 0.371.